The fraction of sp³-hybridized carbons (Fsp3) is 0.0909. The summed E-state index contributed by atoms with van der Waals surface area (Å²) in [6, 6.07) is 7.64. The van der Waals surface area contributed by atoms with Gasteiger partial charge in [0.1, 0.15) is 0 Å². The van der Waals surface area contributed by atoms with Gasteiger partial charge in [-0.05, 0) is 0 Å². The number of halogens is 1. The summed E-state index contributed by atoms with van der Waals surface area (Å²) in [5.74, 6) is 1.19. The SMILES string of the molecule is Clc1nnc(NCc2ncon2)c2ccccc12. The number of fused-ring (bicyclic) bond motifs is 1. The van der Waals surface area contributed by atoms with Gasteiger partial charge in [0.05, 0.1) is 6.54 Å². The van der Waals surface area contributed by atoms with Crippen LogP contribution in [0.3, 0.4) is 0 Å². The fourth-order valence-electron chi connectivity index (χ4n) is 1.63. The zero-order valence-electron chi connectivity index (χ0n) is 9.17. The third kappa shape index (κ3) is 1.98. The summed E-state index contributed by atoms with van der Waals surface area (Å²) in [6.07, 6.45) is 1.28. The number of benzene rings is 1. The fourth-order valence-corrected chi connectivity index (χ4v) is 1.84. The van der Waals surface area contributed by atoms with Crippen LogP contribution < -0.4 is 5.32 Å². The summed E-state index contributed by atoms with van der Waals surface area (Å²) in [7, 11) is 0. The molecule has 3 rings (SSSR count). The van der Waals surface area contributed by atoms with Crippen molar-refractivity contribution in [1.29, 1.82) is 0 Å². The van der Waals surface area contributed by atoms with Gasteiger partial charge in [0.2, 0.25) is 6.39 Å². The van der Waals surface area contributed by atoms with Crippen molar-refractivity contribution in [3.63, 3.8) is 0 Å². The molecule has 1 N–H and O–H groups in total. The Hall–Kier alpha value is -2.21. The number of hydrogen-bond donors (Lipinski definition) is 1. The summed E-state index contributed by atoms with van der Waals surface area (Å²) >= 11 is 5.99. The van der Waals surface area contributed by atoms with Crippen LogP contribution in [0, 0.1) is 0 Å². The van der Waals surface area contributed by atoms with E-state index in [0.29, 0.717) is 23.3 Å². The van der Waals surface area contributed by atoms with E-state index in [0.717, 1.165) is 10.8 Å². The minimum Gasteiger partial charge on any atom is -0.361 e. The summed E-state index contributed by atoms with van der Waals surface area (Å²) in [5, 5.41) is 16.9. The first-order valence-corrected chi connectivity index (χ1v) is 5.62. The summed E-state index contributed by atoms with van der Waals surface area (Å²) in [4.78, 5) is 3.91. The molecule has 0 amide bonds. The lowest BCUT2D eigenvalue weighted by atomic mass is 10.2. The highest BCUT2D eigenvalue weighted by molar-refractivity contribution is 6.34. The van der Waals surface area contributed by atoms with E-state index in [1.807, 2.05) is 24.3 Å². The summed E-state index contributed by atoms with van der Waals surface area (Å²) in [6.45, 7) is 0.413. The number of rotatable bonds is 3. The maximum atomic E-state index is 5.99. The Morgan fingerprint density at radius 1 is 1.17 bits per heavy atom. The molecular formula is C11H8ClN5O. The average Bonchev–Trinajstić information content (AvgIpc) is 2.92. The highest BCUT2D eigenvalue weighted by atomic mass is 35.5. The number of aromatic nitrogens is 4. The van der Waals surface area contributed by atoms with Crippen LogP contribution in [0.25, 0.3) is 10.8 Å². The zero-order chi connectivity index (χ0) is 12.4. The van der Waals surface area contributed by atoms with Crippen molar-refractivity contribution in [3.05, 3.63) is 41.6 Å². The molecule has 0 fully saturated rings. The van der Waals surface area contributed by atoms with Crippen LogP contribution in [0.5, 0.6) is 0 Å². The van der Waals surface area contributed by atoms with Gasteiger partial charge in [0, 0.05) is 10.8 Å². The van der Waals surface area contributed by atoms with Crippen LogP contribution in [0.15, 0.2) is 35.2 Å². The molecule has 0 aliphatic carbocycles. The van der Waals surface area contributed by atoms with Gasteiger partial charge in [-0.1, -0.05) is 41.0 Å². The molecule has 2 heterocycles. The Balaban J connectivity index is 1.94. The Morgan fingerprint density at radius 2 is 2.00 bits per heavy atom. The highest BCUT2D eigenvalue weighted by Gasteiger charge is 2.07. The highest BCUT2D eigenvalue weighted by Crippen LogP contribution is 2.25. The first-order chi connectivity index (χ1) is 8.84. The topological polar surface area (TPSA) is 76.7 Å². The Morgan fingerprint density at radius 3 is 2.78 bits per heavy atom. The minimum absolute atomic E-state index is 0.385. The first-order valence-electron chi connectivity index (χ1n) is 5.24. The molecule has 2 aromatic heterocycles. The van der Waals surface area contributed by atoms with Crippen molar-refractivity contribution < 1.29 is 4.52 Å². The predicted molar refractivity (Wildman–Crippen MR) is 66.2 cm³/mol. The average molecular weight is 262 g/mol. The molecule has 3 aromatic rings. The maximum Gasteiger partial charge on any atom is 0.213 e. The van der Waals surface area contributed by atoms with Crippen LogP contribution in [0.2, 0.25) is 5.15 Å². The van der Waals surface area contributed by atoms with Gasteiger partial charge in [0.15, 0.2) is 16.8 Å². The smallest absolute Gasteiger partial charge is 0.213 e. The second kappa shape index (κ2) is 4.58. The summed E-state index contributed by atoms with van der Waals surface area (Å²) in [5.41, 5.74) is 0. The standard InChI is InChI=1S/C11H8ClN5O/c12-10-7-3-1-2-4-8(7)11(16-15-10)13-5-9-14-6-18-17-9/h1-4,6H,5H2,(H,13,16). The van der Waals surface area contributed by atoms with E-state index < -0.39 is 0 Å². The lowest BCUT2D eigenvalue weighted by Crippen LogP contribution is -2.04. The number of hydrogen-bond acceptors (Lipinski definition) is 6. The second-order valence-corrected chi connectivity index (χ2v) is 3.94. The lowest BCUT2D eigenvalue weighted by Gasteiger charge is -2.06. The van der Waals surface area contributed by atoms with E-state index in [9.17, 15) is 0 Å². The van der Waals surface area contributed by atoms with E-state index in [1.54, 1.807) is 0 Å². The third-order valence-electron chi connectivity index (χ3n) is 2.46. The van der Waals surface area contributed by atoms with Gasteiger partial charge in [0.25, 0.3) is 0 Å². The van der Waals surface area contributed by atoms with E-state index in [2.05, 4.69) is 30.2 Å². The van der Waals surface area contributed by atoms with Crippen molar-refractivity contribution in [3.8, 4) is 0 Å². The van der Waals surface area contributed by atoms with Gasteiger partial charge in [-0.15, -0.1) is 10.2 Å². The molecule has 0 radical (unpaired) electrons. The maximum absolute atomic E-state index is 5.99. The molecule has 90 valence electrons. The largest absolute Gasteiger partial charge is 0.361 e. The minimum atomic E-state index is 0.385. The van der Waals surface area contributed by atoms with E-state index in [1.165, 1.54) is 6.39 Å². The number of nitrogens with zero attached hydrogens (tertiary/aromatic N) is 4. The first kappa shape index (κ1) is 10.9. The molecular weight excluding hydrogens is 254 g/mol. The molecule has 6 nitrogen and oxygen atoms in total. The van der Waals surface area contributed by atoms with Gasteiger partial charge in [-0.3, -0.25) is 0 Å². The van der Waals surface area contributed by atoms with Crippen LogP contribution in [0.1, 0.15) is 5.82 Å². The molecule has 0 saturated heterocycles. The number of nitrogens with one attached hydrogen (secondary N) is 1. The van der Waals surface area contributed by atoms with Crippen LogP contribution in [-0.4, -0.2) is 20.3 Å². The Labute approximate surface area is 107 Å². The molecule has 0 spiro atoms. The quantitative estimate of drug-likeness (QED) is 0.779. The van der Waals surface area contributed by atoms with Gasteiger partial charge < -0.3 is 9.84 Å². The van der Waals surface area contributed by atoms with Crippen molar-refractivity contribution >= 4 is 28.2 Å². The van der Waals surface area contributed by atoms with E-state index in [4.69, 9.17) is 11.6 Å². The van der Waals surface area contributed by atoms with Gasteiger partial charge >= 0.3 is 0 Å². The van der Waals surface area contributed by atoms with E-state index in [-0.39, 0.29) is 0 Å². The molecule has 0 bridgehead atoms. The monoisotopic (exact) mass is 261 g/mol. The molecule has 7 heteroatoms. The second-order valence-electron chi connectivity index (χ2n) is 3.59. The molecule has 0 unspecified atom stereocenters. The van der Waals surface area contributed by atoms with Gasteiger partial charge in [-0.2, -0.15) is 4.98 Å². The number of anilines is 1. The molecule has 0 aliphatic heterocycles. The van der Waals surface area contributed by atoms with Crippen LogP contribution >= 0.6 is 11.6 Å². The van der Waals surface area contributed by atoms with Crippen molar-refractivity contribution in [2.45, 2.75) is 6.54 Å². The predicted octanol–water partition coefficient (Wildman–Crippen LogP) is 2.28. The summed E-state index contributed by atoms with van der Waals surface area (Å²) < 4.78 is 4.65. The molecule has 18 heavy (non-hydrogen) atoms. The zero-order valence-corrected chi connectivity index (χ0v) is 9.92. The lowest BCUT2D eigenvalue weighted by molar-refractivity contribution is 0.411. The Bertz CT molecular complexity index is 670. The Kier molecular flexibility index (Phi) is 2.77. The van der Waals surface area contributed by atoms with Crippen LogP contribution in [-0.2, 0) is 6.54 Å². The van der Waals surface area contributed by atoms with Crippen molar-refractivity contribution in [2.75, 3.05) is 5.32 Å². The molecule has 0 saturated carbocycles. The van der Waals surface area contributed by atoms with Crippen molar-refractivity contribution in [1.82, 2.24) is 20.3 Å². The third-order valence-corrected chi connectivity index (χ3v) is 2.74. The molecule has 1 aromatic carbocycles. The van der Waals surface area contributed by atoms with Gasteiger partial charge in [-0.25, -0.2) is 0 Å². The normalized spacial score (nSPS) is 10.7. The van der Waals surface area contributed by atoms with Crippen molar-refractivity contribution in [2.24, 2.45) is 0 Å². The van der Waals surface area contributed by atoms with E-state index >= 15 is 0 Å². The van der Waals surface area contributed by atoms with Crippen LogP contribution in [0.4, 0.5) is 5.82 Å². The molecule has 0 aliphatic rings. The molecule has 0 atom stereocenters.